The van der Waals surface area contributed by atoms with Crippen molar-refractivity contribution in [3.05, 3.63) is 29.8 Å². The van der Waals surface area contributed by atoms with Crippen LogP contribution in [0.4, 0.5) is 4.39 Å². The van der Waals surface area contributed by atoms with Crippen molar-refractivity contribution in [1.82, 2.24) is 0 Å². The molecule has 0 radical (unpaired) electrons. The molecule has 1 aromatic rings. The highest BCUT2D eigenvalue weighted by Crippen LogP contribution is 2.22. The average molecular weight is 213 g/mol. The Labute approximate surface area is 89.0 Å². The Morgan fingerprint density at radius 2 is 1.87 bits per heavy atom. The Hall–Kier alpha value is -1.13. The lowest BCUT2D eigenvalue weighted by atomic mass is 10.0. The highest BCUT2D eigenvalue weighted by Gasteiger charge is 2.18. The summed E-state index contributed by atoms with van der Waals surface area (Å²) in [7, 11) is 3.11. The first kappa shape index (κ1) is 11.9. The summed E-state index contributed by atoms with van der Waals surface area (Å²) in [5.74, 6) is 0.752. The van der Waals surface area contributed by atoms with E-state index >= 15 is 0 Å². The van der Waals surface area contributed by atoms with Crippen molar-refractivity contribution >= 4 is 0 Å². The molecular formula is C11H16FNO2. The molecule has 15 heavy (non-hydrogen) atoms. The molecule has 2 atom stereocenters. The largest absolute Gasteiger partial charge is 0.497 e. The van der Waals surface area contributed by atoms with Crippen LogP contribution >= 0.6 is 0 Å². The zero-order valence-electron chi connectivity index (χ0n) is 8.94. The molecule has 0 aromatic heterocycles. The van der Waals surface area contributed by atoms with Crippen LogP contribution < -0.4 is 10.5 Å². The molecule has 1 rings (SSSR count). The lowest BCUT2D eigenvalue weighted by Gasteiger charge is -2.20. The highest BCUT2D eigenvalue weighted by atomic mass is 19.1. The van der Waals surface area contributed by atoms with Crippen LogP contribution in [0.25, 0.3) is 0 Å². The van der Waals surface area contributed by atoms with E-state index in [1.807, 2.05) is 12.1 Å². The molecule has 0 aliphatic rings. The fourth-order valence-corrected chi connectivity index (χ4v) is 1.43. The van der Waals surface area contributed by atoms with Crippen molar-refractivity contribution in [2.24, 2.45) is 5.73 Å². The molecule has 84 valence electrons. The minimum Gasteiger partial charge on any atom is -0.497 e. The number of benzene rings is 1. The molecule has 4 heteroatoms. The van der Waals surface area contributed by atoms with E-state index < -0.39 is 18.8 Å². The predicted octanol–water partition coefficient (Wildman–Crippen LogP) is 1.68. The Balaban J connectivity index is 2.83. The van der Waals surface area contributed by atoms with E-state index in [0.29, 0.717) is 0 Å². The summed E-state index contributed by atoms with van der Waals surface area (Å²) in [6.07, 6.45) is -0.416. The van der Waals surface area contributed by atoms with Gasteiger partial charge in [-0.2, -0.15) is 0 Å². The zero-order chi connectivity index (χ0) is 11.3. The lowest BCUT2D eigenvalue weighted by Crippen LogP contribution is -2.31. The number of alkyl halides is 1. The SMILES string of the molecule is COc1ccc(C(OC)C(N)CF)cc1. The second-order valence-electron chi connectivity index (χ2n) is 3.25. The summed E-state index contributed by atoms with van der Waals surface area (Å²) in [5, 5.41) is 0. The second-order valence-corrected chi connectivity index (χ2v) is 3.25. The van der Waals surface area contributed by atoms with E-state index in [1.165, 1.54) is 7.11 Å². The third-order valence-electron chi connectivity index (χ3n) is 2.27. The first-order valence-electron chi connectivity index (χ1n) is 4.71. The minimum atomic E-state index is -0.636. The summed E-state index contributed by atoms with van der Waals surface area (Å²) in [4.78, 5) is 0. The van der Waals surface area contributed by atoms with Crippen LogP contribution in [0.2, 0.25) is 0 Å². The normalized spacial score (nSPS) is 14.7. The van der Waals surface area contributed by atoms with Gasteiger partial charge < -0.3 is 15.2 Å². The van der Waals surface area contributed by atoms with Crippen molar-refractivity contribution < 1.29 is 13.9 Å². The van der Waals surface area contributed by atoms with Gasteiger partial charge in [0.1, 0.15) is 12.4 Å². The lowest BCUT2D eigenvalue weighted by molar-refractivity contribution is 0.0720. The monoisotopic (exact) mass is 213 g/mol. The summed E-state index contributed by atoms with van der Waals surface area (Å²) < 4.78 is 22.6. The van der Waals surface area contributed by atoms with E-state index in [4.69, 9.17) is 15.2 Å². The van der Waals surface area contributed by atoms with Crippen LogP contribution in [0, 0.1) is 0 Å². The van der Waals surface area contributed by atoms with Crippen molar-refractivity contribution in [2.75, 3.05) is 20.9 Å². The van der Waals surface area contributed by atoms with Crippen LogP contribution in [0.15, 0.2) is 24.3 Å². The molecule has 1 aromatic carbocycles. The molecule has 0 aliphatic carbocycles. The van der Waals surface area contributed by atoms with Crippen LogP contribution in [0.1, 0.15) is 11.7 Å². The Morgan fingerprint density at radius 1 is 1.27 bits per heavy atom. The third kappa shape index (κ3) is 2.91. The van der Waals surface area contributed by atoms with Crippen molar-refractivity contribution in [3.8, 4) is 5.75 Å². The van der Waals surface area contributed by atoms with Gasteiger partial charge in [-0.1, -0.05) is 12.1 Å². The number of methoxy groups -OCH3 is 2. The fourth-order valence-electron chi connectivity index (χ4n) is 1.43. The molecule has 0 saturated carbocycles. The zero-order valence-corrected chi connectivity index (χ0v) is 8.94. The maximum absolute atomic E-state index is 12.4. The van der Waals surface area contributed by atoms with Gasteiger partial charge in [0, 0.05) is 7.11 Å². The van der Waals surface area contributed by atoms with E-state index in [1.54, 1.807) is 19.2 Å². The summed E-state index contributed by atoms with van der Waals surface area (Å²) in [5.41, 5.74) is 6.45. The van der Waals surface area contributed by atoms with E-state index in [2.05, 4.69) is 0 Å². The number of rotatable bonds is 5. The molecule has 3 nitrogen and oxygen atoms in total. The van der Waals surface area contributed by atoms with Gasteiger partial charge in [0.15, 0.2) is 0 Å². The molecule has 0 heterocycles. The van der Waals surface area contributed by atoms with Gasteiger partial charge in [-0.15, -0.1) is 0 Å². The van der Waals surface area contributed by atoms with Crippen LogP contribution in [0.3, 0.4) is 0 Å². The number of nitrogens with two attached hydrogens (primary N) is 1. The number of hydrogen-bond acceptors (Lipinski definition) is 3. The van der Waals surface area contributed by atoms with Gasteiger partial charge in [-0.25, -0.2) is 4.39 Å². The van der Waals surface area contributed by atoms with E-state index in [9.17, 15) is 4.39 Å². The average Bonchev–Trinajstić information content (AvgIpc) is 2.30. The number of hydrogen-bond donors (Lipinski definition) is 1. The molecule has 0 aliphatic heterocycles. The standard InChI is InChI=1S/C11H16FNO2/c1-14-9-5-3-8(4-6-9)11(15-2)10(13)7-12/h3-6,10-11H,7,13H2,1-2H3. The fraction of sp³-hybridized carbons (Fsp3) is 0.455. The molecule has 0 fully saturated rings. The van der Waals surface area contributed by atoms with Gasteiger partial charge in [0.2, 0.25) is 0 Å². The van der Waals surface area contributed by atoms with Crippen LogP contribution in [-0.4, -0.2) is 26.9 Å². The van der Waals surface area contributed by atoms with Gasteiger partial charge in [0.25, 0.3) is 0 Å². The maximum atomic E-state index is 12.4. The summed E-state index contributed by atoms with van der Waals surface area (Å²) >= 11 is 0. The number of halogens is 1. The molecule has 2 unspecified atom stereocenters. The van der Waals surface area contributed by atoms with Gasteiger partial charge in [0.05, 0.1) is 19.3 Å². The molecule has 0 spiro atoms. The first-order chi connectivity index (χ1) is 7.22. The van der Waals surface area contributed by atoms with Gasteiger partial charge >= 0.3 is 0 Å². The number of ether oxygens (including phenoxy) is 2. The van der Waals surface area contributed by atoms with Gasteiger partial charge in [-0.05, 0) is 17.7 Å². The van der Waals surface area contributed by atoms with Gasteiger partial charge in [-0.3, -0.25) is 0 Å². The Kier molecular flexibility index (Phi) is 4.52. The van der Waals surface area contributed by atoms with E-state index in [0.717, 1.165) is 11.3 Å². The van der Waals surface area contributed by atoms with Crippen LogP contribution in [0.5, 0.6) is 5.75 Å². The molecule has 2 N–H and O–H groups in total. The third-order valence-corrected chi connectivity index (χ3v) is 2.27. The first-order valence-corrected chi connectivity index (χ1v) is 4.71. The minimum absolute atomic E-state index is 0.416. The van der Waals surface area contributed by atoms with Crippen molar-refractivity contribution in [3.63, 3.8) is 0 Å². The Morgan fingerprint density at radius 3 is 2.27 bits per heavy atom. The molecule has 0 bridgehead atoms. The quantitative estimate of drug-likeness (QED) is 0.809. The predicted molar refractivity (Wildman–Crippen MR) is 56.7 cm³/mol. The topological polar surface area (TPSA) is 44.5 Å². The van der Waals surface area contributed by atoms with Crippen molar-refractivity contribution in [1.29, 1.82) is 0 Å². The van der Waals surface area contributed by atoms with E-state index in [-0.39, 0.29) is 0 Å². The smallest absolute Gasteiger partial charge is 0.118 e. The second kappa shape index (κ2) is 5.68. The Bertz CT molecular complexity index is 289. The summed E-state index contributed by atoms with van der Waals surface area (Å²) in [6, 6.07) is 6.60. The molecule has 0 amide bonds. The molecular weight excluding hydrogens is 197 g/mol. The maximum Gasteiger partial charge on any atom is 0.118 e. The van der Waals surface area contributed by atoms with Crippen molar-refractivity contribution in [2.45, 2.75) is 12.1 Å². The van der Waals surface area contributed by atoms with Crippen LogP contribution in [-0.2, 0) is 4.74 Å². The molecule has 0 saturated heterocycles. The highest BCUT2D eigenvalue weighted by molar-refractivity contribution is 5.29. The summed E-state index contributed by atoms with van der Waals surface area (Å²) in [6.45, 7) is -0.607.